The molecule has 0 bridgehead atoms. The number of hydrogen-bond acceptors (Lipinski definition) is 5. The average molecular weight is 398 g/mol. The van der Waals surface area contributed by atoms with Gasteiger partial charge in [-0.1, -0.05) is 18.2 Å². The summed E-state index contributed by atoms with van der Waals surface area (Å²) in [5.41, 5.74) is 0.114. The smallest absolute Gasteiger partial charge is 0.304 e. The molecule has 3 heterocycles. The van der Waals surface area contributed by atoms with Gasteiger partial charge in [0.25, 0.3) is 5.91 Å². The van der Waals surface area contributed by atoms with Crippen molar-refractivity contribution in [3.63, 3.8) is 0 Å². The molecule has 0 unspecified atom stereocenters. The lowest BCUT2D eigenvalue weighted by Gasteiger charge is -2.14. The van der Waals surface area contributed by atoms with Gasteiger partial charge in [-0.05, 0) is 24.6 Å². The summed E-state index contributed by atoms with van der Waals surface area (Å²) in [6.45, 7) is 1.64. The molecule has 0 spiro atoms. The van der Waals surface area contributed by atoms with Crippen molar-refractivity contribution in [2.24, 2.45) is 0 Å². The Hall–Kier alpha value is -3.82. The molecule has 10 heteroatoms. The van der Waals surface area contributed by atoms with E-state index in [2.05, 4.69) is 25.4 Å². The van der Waals surface area contributed by atoms with Crippen LogP contribution in [0.3, 0.4) is 0 Å². The summed E-state index contributed by atoms with van der Waals surface area (Å²) in [4.78, 5) is 24.5. The second-order valence-corrected chi connectivity index (χ2v) is 6.18. The summed E-state index contributed by atoms with van der Waals surface area (Å²) in [5, 5.41) is 6.85. The van der Waals surface area contributed by atoms with E-state index in [9.17, 15) is 18.0 Å². The highest BCUT2D eigenvalue weighted by Gasteiger charge is 2.34. The lowest BCUT2D eigenvalue weighted by molar-refractivity contribution is -0.137. The Kier molecular flexibility index (Phi) is 4.45. The number of halogens is 3. The van der Waals surface area contributed by atoms with E-state index in [0.29, 0.717) is 11.2 Å². The third-order valence-corrected chi connectivity index (χ3v) is 4.21. The number of rotatable bonds is 3. The fourth-order valence-corrected chi connectivity index (χ4v) is 2.91. The molecule has 0 aliphatic rings. The van der Waals surface area contributed by atoms with Crippen molar-refractivity contribution in [1.82, 2.24) is 24.6 Å². The zero-order valence-electron chi connectivity index (χ0n) is 15.0. The predicted octanol–water partition coefficient (Wildman–Crippen LogP) is 3.77. The molecule has 4 aromatic rings. The van der Waals surface area contributed by atoms with Gasteiger partial charge in [0.15, 0.2) is 17.2 Å². The lowest BCUT2D eigenvalue weighted by Crippen LogP contribution is -2.17. The van der Waals surface area contributed by atoms with Crippen LogP contribution in [0.25, 0.3) is 16.9 Å². The minimum Gasteiger partial charge on any atom is -0.304 e. The summed E-state index contributed by atoms with van der Waals surface area (Å²) in [7, 11) is 0. The number of nitrogens with one attached hydrogen (secondary N) is 1. The standard InChI is InChI=1S/C19H13F3N6O/c1-11-8-16-25-9-14(18(29)26-15-10-23-6-7-24-15)28(16)27-17(11)12-4-2-3-5-13(12)19(20,21)22/h2-10H,1H3,(H,24,26,29). The minimum atomic E-state index is -4.54. The summed E-state index contributed by atoms with van der Waals surface area (Å²) in [6, 6.07) is 6.74. The van der Waals surface area contributed by atoms with Crippen LogP contribution in [-0.2, 0) is 6.18 Å². The van der Waals surface area contributed by atoms with Crippen LogP contribution >= 0.6 is 0 Å². The first-order valence-electron chi connectivity index (χ1n) is 8.44. The Morgan fingerprint density at radius 2 is 1.90 bits per heavy atom. The highest BCUT2D eigenvalue weighted by atomic mass is 19.4. The Morgan fingerprint density at radius 3 is 2.62 bits per heavy atom. The van der Waals surface area contributed by atoms with Crippen molar-refractivity contribution in [2.75, 3.05) is 5.32 Å². The molecule has 0 atom stereocenters. The summed E-state index contributed by atoms with van der Waals surface area (Å²) in [5.74, 6) is -0.341. The molecular formula is C19H13F3N6O. The van der Waals surface area contributed by atoms with Crippen LogP contribution in [0.5, 0.6) is 0 Å². The molecule has 0 radical (unpaired) electrons. The first-order chi connectivity index (χ1) is 13.8. The molecule has 1 amide bonds. The van der Waals surface area contributed by atoms with Crippen LogP contribution in [0.1, 0.15) is 21.6 Å². The monoisotopic (exact) mass is 398 g/mol. The van der Waals surface area contributed by atoms with Gasteiger partial charge >= 0.3 is 6.18 Å². The van der Waals surface area contributed by atoms with Crippen molar-refractivity contribution in [2.45, 2.75) is 13.1 Å². The molecule has 29 heavy (non-hydrogen) atoms. The zero-order valence-corrected chi connectivity index (χ0v) is 15.0. The van der Waals surface area contributed by atoms with Crippen molar-refractivity contribution >= 4 is 17.4 Å². The second-order valence-electron chi connectivity index (χ2n) is 6.18. The molecule has 1 aromatic carbocycles. The fourth-order valence-electron chi connectivity index (χ4n) is 2.91. The molecule has 4 rings (SSSR count). The molecule has 3 aromatic heterocycles. The number of nitrogens with zero attached hydrogens (tertiary/aromatic N) is 5. The van der Waals surface area contributed by atoms with E-state index in [1.165, 1.54) is 47.5 Å². The lowest BCUT2D eigenvalue weighted by atomic mass is 10.0. The number of benzene rings is 1. The number of carbonyl (C=O) groups excluding carboxylic acids is 1. The Bertz CT molecular complexity index is 1200. The fraction of sp³-hybridized carbons (Fsp3) is 0.105. The number of anilines is 1. The van der Waals surface area contributed by atoms with Crippen LogP contribution in [0, 0.1) is 6.92 Å². The molecule has 1 N–H and O–H groups in total. The highest BCUT2D eigenvalue weighted by molar-refractivity contribution is 6.02. The largest absolute Gasteiger partial charge is 0.417 e. The van der Waals surface area contributed by atoms with Gasteiger partial charge in [0, 0.05) is 18.0 Å². The van der Waals surface area contributed by atoms with Crippen molar-refractivity contribution in [3.05, 3.63) is 71.9 Å². The minimum absolute atomic E-state index is 0.0522. The predicted molar refractivity (Wildman–Crippen MR) is 98.1 cm³/mol. The highest BCUT2D eigenvalue weighted by Crippen LogP contribution is 2.37. The van der Waals surface area contributed by atoms with Gasteiger partial charge < -0.3 is 5.32 Å². The van der Waals surface area contributed by atoms with Crippen molar-refractivity contribution < 1.29 is 18.0 Å². The maximum Gasteiger partial charge on any atom is 0.417 e. The topological polar surface area (TPSA) is 85.1 Å². The van der Waals surface area contributed by atoms with Crippen LogP contribution in [0.15, 0.2) is 55.1 Å². The van der Waals surface area contributed by atoms with Crippen LogP contribution in [-0.4, -0.2) is 30.5 Å². The van der Waals surface area contributed by atoms with Crippen LogP contribution in [0.2, 0.25) is 0 Å². The van der Waals surface area contributed by atoms with E-state index < -0.39 is 17.6 Å². The van der Waals surface area contributed by atoms with E-state index in [1.807, 2.05) is 0 Å². The van der Waals surface area contributed by atoms with E-state index in [-0.39, 0.29) is 22.8 Å². The summed E-state index contributed by atoms with van der Waals surface area (Å²) in [6.07, 6.45) is 0.994. The first-order valence-corrected chi connectivity index (χ1v) is 8.44. The number of aryl methyl sites for hydroxylation is 1. The quantitative estimate of drug-likeness (QED) is 0.568. The van der Waals surface area contributed by atoms with Gasteiger partial charge in [0.05, 0.1) is 23.7 Å². The average Bonchev–Trinajstić information content (AvgIpc) is 3.10. The van der Waals surface area contributed by atoms with Crippen LogP contribution in [0.4, 0.5) is 19.0 Å². The normalized spacial score (nSPS) is 11.6. The number of amides is 1. The zero-order chi connectivity index (χ0) is 20.6. The molecule has 146 valence electrons. The molecule has 0 aliphatic heterocycles. The number of fused-ring (bicyclic) bond motifs is 1. The number of imidazole rings is 1. The number of hydrogen-bond donors (Lipinski definition) is 1. The van der Waals surface area contributed by atoms with Gasteiger partial charge in [-0.2, -0.15) is 18.3 Å². The number of alkyl halides is 3. The van der Waals surface area contributed by atoms with Gasteiger partial charge in [0.2, 0.25) is 0 Å². The number of carbonyl (C=O) groups is 1. The maximum atomic E-state index is 13.4. The third kappa shape index (κ3) is 3.51. The molecule has 0 saturated carbocycles. The van der Waals surface area contributed by atoms with Gasteiger partial charge in [-0.15, -0.1) is 0 Å². The molecule has 0 saturated heterocycles. The first kappa shape index (κ1) is 18.5. The molecule has 0 fully saturated rings. The van der Waals surface area contributed by atoms with Crippen molar-refractivity contribution in [1.29, 1.82) is 0 Å². The molecule has 0 aliphatic carbocycles. The molecule has 7 nitrogen and oxygen atoms in total. The van der Waals surface area contributed by atoms with E-state index >= 15 is 0 Å². The summed E-state index contributed by atoms with van der Waals surface area (Å²) < 4.78 is 41.5. The van der Waals surface area contributed by atoms with Gasteiger partial charge in [-0.3, -0.25) is 9.78 Å². The van der Waals surface area contributed by atoms with E-state index in [0.717, 1.165) is 6.07 Å². The Morgan fingerprint density at radius 1 is 1.10 bits per heavy atom. The van der Waals surface area contributed by atoms with E-state index in [1.54, 1.807) is 13.0 Å². The summed E-state index contributed by atoms with van der Waals surface area (Å²) >= 11 is 0. The van der Waals surface area contributed by atoms with Gasteiger partial charge in [0.1, 0.15) is 0 Å². The van der Waals surface area contributed by atoms with Crippen molar-refractivity contribution in [3.8, 4) is 11.3 Å². The Labute approximate surface area is 162 Å². The Balaban J connectivity index is 1.82. The molecular weight excluding hydrogens is 385 g/mol. The maximum absolute atomic E-state index is 13.4. The number of aromatic nitrogens is 5. The third-order valence-electron chi connectivity index (χ3n) is 4.21. The van der Waals surface area contributed by atoms with Crippen LogP contribution < -0.4 is 5.32 Å². The van der Waals surface area contributed by atoms with Gasteiger partial charge in [-0.25, -0.2) is 14.5 Å². The van der Waals surface area contributed by atoms with E-state index in [4.69, 9.17) is 0 Å². The second kappa shape index (κ2) is 6.97. The SMILES string of the molecule is Cc1cc2ncc(C(=O)Nc3cnccn3)n2nc1-c1ccccc1C(F)(F)F.